The fraction of sp³-hybridized carbons (Fsp3) is 0.800. The first kappa shape index (κ1) is 14.0. The minimum absolute atomic E-state index is 0.755. The van der Waals surface area contributed by atoms with Gasteiger partial charge in [0.1, 0.15) is 0 Å². The van der Waals surface area contributed by atoms with E-state index in [1.165, 1.54) is 29.8 Å². The normalized spacial score (nSPS) is 20.5. The molecule has 0 amide bonds. The summed E-state index contributed by atoms with van der Waals surface area (Å²) in [5, 5.41) is 8.30. The second-order valence-corrected chi connectivity index (χ2v) is 5.98. The van der Waals surface area contributed by atoms with Crippen molar-refractivity contribution >= 4 is 0 Å². The summed E-state index contributed by atoms with van der Waals surface area (Å²) in [4.78, 5) is 2.46. The Balaban J connectivity index is 1.56. The predicted molar refractivity (Wildman–Crippen MR) is 78.8 cm³/mol. The van der Waals surface area contributed by atoms with Crippen LogP contribution in [-0.2, 0) is 17.8 Å². The maximum absolute atomic E-state index is 5.39. The predicted octanol–water partition coefficient (Wildman–Crippen LogP) is 1.08. The van der Waals surface area contributed by atoms with E-state index >= 15 is 0 Å². The Labute approximate surface area is 121 Å². The molecule has 1 saturated carbocycles. The van der Waals surface area contributed by atoms with Crippen molar-refractivity contribution in [3.63, 3.8) is 0 Å². The quantitative estimate of drug-likeness (QED) is 0.846. The molecule has 1 aromatic heterocycles. The molecule has 0 atom stereocenters. The molecule has 3 rings (SSSR count). The van der Waals surface area contributed by atoms with E-state index in [1.54, 1.807) is 0 Å². The van der Waals surface area contributed by atoms with Gasteiger partial charge in [0.05, 0.1) is 25.5 Å². The highest BCUT2D eigenvalue weighted by atomic mass is 16.5. The molecule has 1 aliphatic carbocycles. The van der Waals surface area contributed by atoms with Crippen molar-refractivity contribution in [2.24, 2.45) is 0 Å². The van der Waals surface area contributed by atoms with Crippen LogP contribution in [0.3, 0.4) is 0 Å². The maximum Gasteiger partial charge on any atom is 0.0641 e. The van der Waals surface area contributed by atoms with Crippen molar-refractivity contribution in [1.29, 1.82) is 0 Å². The highest BCUT2D eigenvalue weighted by Crippen LogP contribution is 2.21. The van der Waals surface area contributed by atoms with E-state index in [0.29, 0.717) is 0 Å². The molecule has 20 heavy (non-hydrogen) atoms. The molecular formula is C15H26N4O. The first-order chi connectivity index (χ1) is 9.74. The molecule has 1 saturated heterocycles. The molecule has 1 aliphatic heterocycles. The number of ether oxygens (including phenoxy) is 1. The third-order valence-electron chi connectivity index (χ3n) is 4.41. The van der Waals surface area contributed by atoms with E-state index in [9.17, 15) is 0 Å². The minimum atomic E-state index is 0.755. The molecule has 0 radical (unpaired) electrons. The lowest BCUT2D eigenvalue weighted by Gasteiger charge is -2.26. The van der Waals surface area contributed by atoms with Crippen LogP contribution < -0.4 is 5.32 Å². The summed E-state index contributed by atoms with van der Waals surface area (Å²) in [6.07, 6.45) is 2.67. The average Bonchev–Trinajstić information content (AvgIpc) is 3.24. The van der Waals surface area contributed by atoms with Crippen LogP contribution in [0.1, 0.15) is 29.8 Å². The standard InChI is InChI=1S/C15H26N4O/c1-12-15(11-16-14-3-4-14)13(2)19(17-12)6-5-18-7-9-20-10-8-18/h14,16H,3-11H2,1-2H3. The zero-order valence-electron chi connectivity index (χ0n) is 12.7. The lowest BCUT2D eigenvalue weighted by molar-refractivity contribution is 0.0359. The fourth-order valence-corrected chi connectivity index (χ4v) is 2.80. The number of nitrogens with one attached hydrogen (secondary N) is 1. The van der Waals surface area contributed by atoms with Crippen LogP contribution in [0.4, 0.5) is 0 Å². The molecule has 0 spiro atoms. The third kappa shape index (κ3) is 3.40. The van der Waals surface area contributed by atoms with Crippen LogP contribution in [0, 0.1) is 13.8 Å². The molecule has 1 N–H and O–H groups in total. The maximum atomic E-state index is 5.39. The van der Waals surface area contributed by atoms with Gasteiger partial charge < -0.3 is 10.1 Å². The van der Waals surface area contributed by atoms with Crippen molar-refractivity contribution in [2.75, 3.05) is 32.8 Å². The Morgan fingerprint density at radius 2 is 1.95 bits per heavy atom. The highest BCUT2D eigenvalue weighted by molar-refractivity contribution is 5.24. The van der Waals surface area contributed by atoms with E-state index in [4.69, 9.17) is 9.84 Å². The number of rotatable bonds is 6. The summed E-state index contributed by atoms with van der Waals surface area (Å²) in [5.74, 6) is 0. The highest BCUT2D eigenvalue weighted by Gasteiger charge is 2.21. The second kappa shape index (κ2) is 6.24. The zero-order chi connectivity index (χ0) is 13.9. The number of aryl methyl sites for hydroxylation is 1. The SMILES string of the molecule is Cc1nn(CCN2CCOCC2)c(C)c1CNC1CC1. The van der Waals surface area contributed by atoms with E-state index in [0.717, 1.165) is 52.0 Å². The summed E-state index contributed by atoms with van der Waals surface area (Å²) >= 11 is 0. The summed E-state index contributed by atoms with van der Waals surface area (Å²) in [5.41, 5.74) is 3.89. The molecule has 2 heterocycles. The molecule has 0 unspecified atom stereocenters. The van der Waals surface area contributed by atoms with E-state index < -0.39 is 0 Å². The molecule has 2 fully saturated rings. The zero-order valence-corrected chi connectivity index (χ0v) is 12.7. The summed E-state index contributed by atoms with van der Waals surface area (Å²) in [6, 6.07) is 0.755. The first-order valence-electron chi connectivity index (χ1n) is 7.80. The number of aromatic nitrogens is 2. The monoisotopic (exact) mass is 278 g/mol. The van der Waals surface area contributed by atoms with Crippen molar-refractivity contribution < 1.29 is 4.74 Å². The minimum Gasteiger partial charge on any atom is -0.379 e. The topological polar surface area (TPSA) is 42.3 Å². The molecule has 2 aliphatic rings. The molecule has 5 heteroatoms. The number of hydrogen-bond acceptors (Lipinski definition) is 4. The lowest BCUT2D eigenvalue weighted by atomic mass is 10.2. The Bertz CT molecular complexity index is 447. The van der Waals surface area contributed by atoms with E-state index in [2.05, 4.69) is 28.7 Å². The second-order valence-electron chi connectivity index (χ2n) is 5.98. The van der Waals surface area contributed by atoms with Gasteiger partial charge in [-0.05, 0) is 26.7 Å². The number of nitrogens with zero attached hydrogens (tertiary/aromatic N) is 3. The van der Waals surface area contributed by atoms with Crippen LogP contribution in [0.25, 0.3) is 0 Å². The van der Waals surface area contributed by atoms with Gasteiger partial charge >= 0.3 is 0 Å². The van der Waals surface area contributed by atoms with Gasteiger partial charge in [-0.25, -0.2) is 0 Å². The van der Waals surface area contributed by atoms with Gasteiger partial charge in [-0.1, -0.05) is 0 Å². The summed E-state index contributed by atoms with van der Waals surface area (Å²) in [6.45, 7) is 11.2. The van der Waals surface area contributed by atoms with Crippen molar-refractivity contribution in [3.05, 3.63) is 17.0 Å². The molecule has 0 aromatic carbocycles. The number of morpholine rings is 1. The van der Waals surface area contributed by atoms with Gasteiger partial charge in [0.2, 0.25) is 0 Å². The molecule has 1 aromatic rings. The Hall–Kier alpha value is -0.910. The van der Waals surface area contributed by atoms with Crippen LogP contribution in [-0.4, -0.2) is 53.6 Å². The Morgan fingerprint density at radius 3 is 2.65 bits per heavy atom. The summed E-state index contributed by atoms with van der Waals surface area (Å²) < 4.78 is 7.56. The van der Waals surface area contributed by atoms with Crippen molar-refractivity contribution in [2.45, 2.75) is 45.8 Å². The molecular weight excluding hydrogens is 252 g/mol. The van der Waals surface area contributed by atoms with Crippen molar-refractivity contribution in [3.8, 4) is 0 Å². The van der Waals surface area contributed by atoms with Gasteiger partial charge in [0.25, 0.3) is 0 Å². The molecule has 5 nitrogen and oxygen atoms in total. The molecule has 0 bridgehead atoms. The van der Waals surface area contributed by atoms with Crippen LogP contribution >= 0.6 is 0 Å². The average molecular weight is 278 g/mol. The van der Waals surface area contributed by atoms with Gasteiger partial charge in [0.15, 0.2) is 0 Å². The van der Waals surface area contributed by atoms with Crippen LogP contribution in [0.15, 0.2) is 0 Å². The van der Waals surface area contributed by atoms with Gasteiger partial charge in [0, 0.05) is 43.5 Å². The summed E-state index contributed by atoms with van der Waals surface area (Å²) in [7, 11) is 0. The van der Waals surface area contributed by atoms with Crippen molar-refractivity contribution in [1.82, 2.24) is 20.0 Å². The van der Waals surface area contributed by atoms with Crippen LogP contribution in [0.5, 0.6) is 0 Å². The smallest absolute Gasteiger partial charge is 0.0641 e. The van der Waals surface area contributed by atoms with Gasteiger partial charge in [-0.15, -0.1) is 0 Å². The Kier molecular flexibility index (Phi) is 4.38. The van der Waals surface area contributed by atoms with E-state index in [-0.39, 0.29) is 0 Å². The first-order valence-corrected chi connectivity index (χ1v) is 7.80. The van der Waals surface area contributed by atoms with E-state index in [1.807, 2.05) is 0 Å². The lowest BCUT2D eigenvalue weighted by Crippen LogP contribution is -2.38. The van der Waals surface area contributed by atoms with Gasteiger partial charge in [-0.3, -0.25) is 9.58 Å². The largest absolute Gasteiger partial charge is 0.379 e. The van der Waals surface area contributed by atoms with Gasteiger partial charge in [-0.2, -0.15) is 5.10 Å². The van der Waals surface area contributed by atoms with Crippen LogP contribution in [0.2, 0.25) is 0 Å². The third-order valence-corrected chi connectivity index (χ3v) is 4.41. The Morgan fingerprint density at radius 1 is 1.20 bits per heavy atom. The molecule has 112 valence electrons. The number of hydrogen-bond donors (Lipinski definition) is 1. The fourth-order valence-electron chi connectivity index (χ4n) is 2.80.